The van der Waals surface area contributed by atoms with Crippen molar-refractivity contribution in [1.29, 1.82) is 0 Å². The largest absolute Gasteiger partial charge is 0.504 e. The third-order valence-corrected chi connectivity index (χ3v) is 4.68. The van der Waals surface area contributed by atoms with Crippen LogP contribution in [0.3, 0.4) is 0 Å². The summed E-state index contributed by atoms with van der Waals surface area (Å²) in [6.45, 7) is 4.29. The summed E-state index contributed by atoms with van der Waals surface area (Å²) in [6.07, 6.45) is 1.62. The zero-order valence-corrected chi connectivity index (χ0v) is 16.6. The second kappa shape index (κ2) is 8.65. The number of carbonyl (C=O) groups is 2. The molecular weight excluding hydrogens is 370 g/mol. The van der Waals surface area contributed by atoms with Crippen molar-refractivity contribution >= 4 is 18.0 Å². The number of benzene rings is 2. The van der Waals surface area contributed by atoms with Gasteiger partial charge in [0.1, 0.15) is 0 Å². The Balaban J connectivity index is 2.03. The molecule has 1 aliphatic heterocycles. The van der Waals surface area contributed by atoms with Crippen LogP contribution in [-0.2, 0) is 20.9 Å². The highest BCUT2D eigenvalue weighted by Gasteiger charge is 2.37. The molecule has 0 saturated carbocycles. The SMILES string of the molecule is CCOc1cc(/C=C2\C(=O)N(Cc3ccccc3)C(C)=C2C(=O)OC)ccc1O. The fraction of sp³-hybridized carbons (Fsp3) is 0.217. The van der Waals surface area contributed by atoms with Crippen molar-refractivity contribution in [2.75, 3.05) is 13.7 Å². The normalized spacial score (nSPS) is 15.2. The average Bonchev–Trinajstić information content (AvgIpc) is 2.95. The second-order valence-corrected chi connectivity index (χ2v) is 6.55. The molecule has 0 radical (unpaired) electrons. The summed E-state index contributed by atoms with van der Waals surface area (Å²) in [4.78, 5) is 27.2. The standard InChI is InChI=1S/C23H23NO5/c1-4-29-20-13-17(10-11-19(20)25)12-18-21(23(27)28-3)15(2)24(22(18)26)14-16-8-6-5-7-9-16/h5-13,25H,4,14H2,1-3H3/b18-12-. The van der Waals surface area contributed by atoms with E-state index in [2.05, 4.69) is 0 Å². The van der Waals surface area contributed by atoms with E-state index >= 15 is 0 Å². The maximum Gasteiger partial charge on any atom is 0.340 e. The summed E-state index contributed by atoms with van der Waals surface area (Å²) in [5.41, 5.74) is 2.61. The van der Waals surface area contributed by atoms with Gasteiger partial charge in [-0.25, -0.2) is 4.79 Å². The van der Waals surface area contributed by atoms with Gasteiger partial charge in [0.05, 0.1) is 31.4 Å². The van der Waals surface area contributed by atoms with Gasteiger partial charge in [0, 0.05) is 5.70 Å². The second-order valence-electron chi connectivity index (χ2n) is 6.55. The highest BCUT2D eigenvalue weighted by atomic mass is 16.5. The monoisotopic (exact) mass is 393 g/mol. The first-order valence-corrected chi connectivity index (χ1v) is 9.29. The van der Waals surface area contributed by atoms with Crippen LogP contribution in [0.15, 0.2) is 65.4 Å². The van der Waals surface area contributed by atoms with Crippen LogP contribution < -0.4 is 4.74 Å². The van der Waals surface area contributed by atoms with Crippen molar-refractivity contribution in [2.24, 2.45) is 0 Å². The average molecular weight is 393 g/mol. The Kier molecular flexibility index (Phi) is 6.02. The van der Waals surface area contributed by atoms with Crippen molar-refractivity contribution < 1.29 is 24.2 Å². The van der Waals surface area contributed by atoms with E-state index in [4.69, 9.17) is 9.47 Å². The number of aromatic hydroxyl groups is 1. The summed E-state index contributed by atoms with van der Waals surface area (Å²) in [6, 6.07) is 14.3. The molecule has 1 amide bonds. The highest BCUT2D eigenvalue weighted by molar-refractivity contribution is 6.16. The maximum atomic E-state index is 13.2. The summed E-state index contributed by atoms with van der Waals surface area (Å²) < 4.78 is 10.3. The Hall–Kier alpha value is -3.54. The Morgan fingerprint density at radius 2 is 1.90 bits per heavy atom. The lowest BCUT2D eigenvalue weighted by Crippen LogP contribution is -2.24. The van der Waals surface area contributed by atoms with E-state index < -0.39 is 5.97 Å². The molecule has 0 fully saturated rings. The maximum absolute atomic E-state index is 13.2. The predicted octanol–water partition coefficient (Wildman–Crippen LogP) is 3.66. The summed E-state index contributed by atoms with van der Waals surface area (Å²) in [7, 11) is 1.29. The van der Waals surface area contributed by atoms with E-state index in [1.165, 1.54) is 13.2 Å². The fourth-order valence-corrected chi connectivity index (χ4v) is 3.24. The van der Waals surface area contributed by atoms with Crippen LogP contribution in [0.4, 0.5) is 0 Å². The van der Waals surface area contributed by atoms with Gasteiger partial charge in [-0.05, 0) is 43.2 Å². The summed E-state index contributed by atoms with van der Waals surface area (Å²) in [5.74, 6) is -0.523. The predicted molar refractivity (Wildman–Crippen MR) is 109 cm³/mol. The minimum absolute atomic E-state index is 0.0115. The molecule has 0 aliphatic carbocycles. The Bertz CT molecular complexity index is 992. The lowest BCUT2D eigenvalue weighted by molar-refractivity contribution is -0.136. The number of phenolic OH excluding ortho intramolecular Hbond substituents is 1. The molecule has 1 N–H and O–H groups in total. The first-order valence-electron chi connectivity index (χ1n) is 9.29. The van der Waals surface area contributed by atoms with Gasteiger partial charge in [-0.1, -0.05) is 36.4 Å². The number of esters is 1. The van der Waals surface area contributed by atoms with Crippen molar-refractivity contribution in [3.63, 3.8) is 0 Å². The molecule has 2 aromatic carbocycles. The summed E-state index contributed by atoms with van der Waals surface area (Å²) >= 11 is 0. The molecule has 0 spiro atoms. The number of hydrogen-bond donors (Lipinski definition) is 1. The Morgan fingerprint density at radius 1 is 1.17 bits per heavy atom. The van der Waals surface area contributed by atoms with Gasteiger partial charge in [-0.2, -0.15) is 0 Å². The molecule has 0 bridgehead atoms. The number of rotatable bonds is 6. The molecule has 6 heteroatoms. The molecule has 0 atom stereocenters. The fourth-order valence-electron chi connectivity index (χ4n) is 3.24. The van der Waals surface area contributed by atoms with Crippen LogP contribution in [0.5, 0.6) is 11.5 Å². The zero-order valence-electron chi connectivity index (χ0n) is 16.6. The number of amides is 1. The number of nitrogens with zero attached hydrogens (tertiary/aromatic N) is 1. The third kappa shape index (κ3) is 4.16. The Morgan fingerprint density at radius 3 is 2.55 bits per heavy atom. The van der Waals surface area contributed by atoms with Gasteiger partial charge in [0.2, 0.25) is 0 Å². The van der Waals surface area contributed by atoms with Crippen molar-refractivity contribution in [3.8, 4) is 11.5 Å². The zero-order chi connectivity index (χ0) is 21.0. The Labute approximate surface area is 169 Å². The molecule has 6 nitrogen and oxygen atoms in total. The first-order chi connectivity index (χ1) is 14.0. The highest BCUT2D eigenvalue weighted by Crippen LogP contribution is 2.34. The molecule has 0 unspecified atom stereocenters. The van der Waals surface area contributed by atoms with Gasteiger partial charge >= 0.3 is 5.97 Å². The van der Waals surface area contributed by atoms with Crippen LogP contribution in [0, 0.1) is 0 Å². The van der Waals surface area contributed by atoms with E-state index in [1.807, 2.05) is 37.3 Å². The molecule has 150 valence electrons. The van der Waals surface area contributed by atoms with Gasteiger partial charge < -0.3 is 19.5 Å². The van der Waals surface area contributed by atoms with E-state index in [0.717, 1.165) is 5.56 Å². The number of phenols is 1. The van der Waals surface area contributed by atoms with Gasteiger partial charge in [0.25, 0.3) is 5.91 Å². The third-order valence-electron chi connectivity index (χ3n) is 4.68. The number of ether oxygens (including phenoxy) is 2. The lowest BCUT2D eigenvalue weighted by atomic mass is 10.0. The van der Waals surface area contributed by atoms with E-state index in [9.17, 15) is 14.7 Å². The number of methoxy groups -OCH3 is 1. The van der Waals surface area contributed by atoms with Crippen LogP contribution >= 0.6 is 0 Å². The molecular formula is C23H23NO5. The van der Waals surface area contributed by atoms with Gasteiger partial charge in [-0.3, -0.25) is 4.79 Å². The first kappa shape index (κ1) is 20.2. The molecule has 0 aromatic heterocycles. The molecule has 29 heavy (non-hydrogen) atoms. The molecule has 3 rings (SSSR count). The minimum Gasteiger partial charge on any atom is -0.504 e. The number of hydrogen-bond acceptors (Lipinski definition) is 5. The van der Waals surface area contributed by atoms with Crippen LogP contribution in [0.2, 0.25) is 0 Å². The molecule has 2 aromatic rings. The lowest BCUT2D eigenvalue weighted by Gasteiger charge is -2.17. The van der Waals surface area contributed by atoms with E-state index in [1.54, 1.807) is 30.0 Å². The van der Waals surface area contributed by atoms with Crippen molar-refractivity contribution in [3.05, 3.63) is 76.5 Å². The topological polar surface area (TPSA) is 76.1 Å². The molecule has 1 aliphatic rings. The van der Waals surface area contributed by atoms with Crippen molar-refractivity contribution in [1.82, 2.24) is 4.90 Å². The smallest absolute Gasteiger partial charge is 0.340 e. The van der Waals surface area contributed by atoms with Crippen LogP contribution in [0.25, 0.3) is 6.08 Å². The quantitative estimate of drug-likeness (QED) is 0.599. The minimum atomic E-state index is -0.568. The van der Waals surface area contributed by atoms with Gasteiger partial charge in [-0.15, -0.1) is 0 Å². The van der Waals surface area contributed by atoms with Gasteiger partial charge in [0.15, 0.2) is 11.5 Å². The van der Waals surface area contributed by atoms with Crippen LogP contribution in [0.1, 0.15) is 25.0 Å². The molecule has 0 saturated heterocycles. The van der Waals surface area contributed by atoms with E-state index in [-0.39, 0.29) is 22.8 Å². The number of allylic oxidation sites excluding steroid dienone is 1. The van der Waals surface area contributed by atoms with E-state index in [0.29, 0.717) is 30.2 Å². The molecule has 1 heterocycles. The number of carbonyl (C=O) groups excluding carboxylic acids is 2. The van der Waals surface area contributed by atoms with Crippen LogP contribution in [-0.4, -0.2) is 35.6 Å². The summed E-state index contributed by atoms with van der Waals surface area (Å²) in [5, 5.41) is 9.90. The van der Waals surface area contributed by atoms with Crippen molar-refractivity contribution in [2.45, 2.75) is 20.4 Å².